The van der Waals surface area contributed by atoms with Crippen molar-refractivity contribution in [1.82, 2.24) is 10.1 Å². The molecular formula is C17H29N3O. The Morgan fingerprint density at radius 3 is 2.29 bits per heavy atom. The molecule has 0 aromatic carbocycles. The van der Waals surface area contributed by atoms with Gasteiger partial charge >= 0.3 is 0 Å². The monoisotopic (exact) mass is 291 g/mol. The SMILES string of the molecule is CC1CCC(N)(c2nc(C3CCC(C)(C)CC3)no2)CC1. The summed E-state index contributed by atoms with van der Waals surface area (Å²) in [6, 6.07) is 0. The smallest absolute Gasteiger partial charge is 0.246 e. The van der Waals surface area contributed by atoms with E-state index in [4.69, 9.17) is 15.2 Å². The number of hydrogen-bond donors (Lipinski definition) is 1. The highest BCUT2D eigenvalue weighted by atomic mass is 16.5. The summed E-state index contributed by atoms with van der Waals surface area (Å²) in [7, 11) is 0. The van der Waals surface area contributed by atoms with Gasteiger partial charge in [0.1, 0.15) is 0 Å². The molecule has 2 aliphatic carbocycles. The molecule has 0 amide bonds. The van der Waals surface area contributed by atoms with E-state index in [1.165, 1.54) is 25.7 Å². The van der Waals surface area contributed by atoms with E-state index in [0.717, 1.165) is 37.4 Å². The van der Waals surface area contributed by atoms with Gasteiger partial charge in [0.2, 0.25) is 5.89 Å². The molecule has 1 heterocycles. The lowest BCUT2D eigenvalue weighted by Gasteiger charge is -2.33. The Hall–Kier alpha value is -0.900. The van der Waals surface area contributed by atoms with Crippen LogP contribution in [0.15, 0.2) is 4.52 Å². The maximum atomic E-state index is 6.53. The number of nitrogens with zero attached hydrogens (tertiary/aromatic N) is 2. The Morgan fingerprint density at radius 1 is 1.05 bits per heavy atom. The van der Waals surface area contributed by atoms with Crippen molar-refractivity contribution in [1.29, 1.82) is 0 Å². The molecule has 2 fully saturated rings. The second-order valence-corrected chi connectivity index (χ2v) is 8.23. The van der Waals surface area contributed by atoms with Gasteiger partial charge in [-0.1, -0.05) is 25.9 Å². The van der Waals surface area contributed by atoms with Crippen LogP contribution in [-0.2, 0) is 5.54 Å². The number of rotatable bonds is 2. The molecule has 0 unspecified atom stereocenters. The van der Waals surface area contributed by atoms with Crippen molar-refractivity contribution >= 4 is 0 Å². The van der Waals surface area contributed by atoms with Crippen LogP contribution in [0.2, 0.25) is 0 Å². The lowest BCUT2D eigenvalue weighted by Crippen LogP contribution is -2.40. The van der Waals surface area contributed by atoms with E-state index >= 15 is 0 Å². The standard InChI is InChI=1S/C17H29N3O/c1-12-4-10-17(18,11-5-12)15-19-14(20-21-15)13-6-8-16(2,3)9-7-13/h12-13H,4-11,18H2,1-3H3. The second kappa shape index (κ2) is 5.38. The Kier molecular flexibility index (Phi) is 3.85. The largest absolute Gasteiger partial charge is 0.337 e. The van der Waals surface area contributed by atoms with Crippen LogP contribution in [0, 0.1) is 11.3 Å². The summed E-state index contributed by atoms with van der Waals surface area (Å²) >= 11 is 0. The van der Waals surface area contributed by atoms with Gasteiger partial charge in [-0.05, 0) is 62.7 Å². The van der Waals surface area contributed by atoms with Gasteiger partial charge in [-0.3, -0.25) is 0 Å². The normalized spacial score (nSPS) is 34.0. The highest BCUT2D eigenvalue weighted by molar-refractivity contribution is 5.07. The lowest BCUT2D eigenvalue weighted by molar-refractivity contribution is 0.189. The van der Waals surface area contributed by atoms with Crippen LogP contribution in [0.3, 0.4) is 0 Å². The van der Waals surface area contributed by atoms with Crippen LogP contribution in [0.4, 0.5) is 0 Å². The molecule has 2 aliphatic rings. The Labute approximate surface area is 127 Å². The zero-order chi connectivity index (χ0) is 15.1. The highest BCUT2D eigenvalue weighted by Crippen LogP contribution is 2.42. The molecule has 0 radical (unpaired) electrons. The Bertz CT molecular complexity index is 476. The molecule has 4 heteroatoms. The topological polar surface area (TPSA) is 64.9 Å². The predicted octanol–water partition coefficient (Wildman–Crippen LogP) is 4.12. The second-order valence-electron chi connectivity index (χ2n) is 8.23. The molecule has 3 rings (SSSR count). The van der Waals surface area contributed by atoms with Crippen molar-refractivity contribution in [3.63, 3.8) is 0 Å². The van der Waals surface area contributed by atoms with Gasteiger partial charge in [-0.25, -0.2) is 0 Å². The molecule has 0 spiro atoms. The summed E-state index contributed by atoms with van der Waals surface area (Å²) in [4.78, 5) is 4.70. The quantitative estimate of drug-likeness (QED) is 0.890. The molecule has 1 aromatic rings. The average molecular weight is 291 g/mol. The molecule has 0 bridgehead atoms. The molecule has 0 aliphatic heterocycles. The minimum atomic E-state index is -0.383. The average Bonchev–Trinajstić information content (AvgIpc) is 2.93. The third-order valence-corrected chi connectivity index (χ3v) is 5.74. The third kappa shape index (κ3) is 3.15. The molecular weight excluding hydrogens is 262 g/mol. The van der Waals surface area contributed by atoms with Crippen molar-refractivity contribution in [2.75, 3.05) is 0 Å². The van der Waals surface area contributed by atoms with Gasteiger partial charge in [-0.2, -0.15) is 4.98 Å². The van der Waals surface area contributed by atoms with E-state index in [0.29, 0.717) is 17.2 Å². The van der Waals surface area contributed by atoms with E-state index in [2.05, 4.69) is 25.9 Å². The minimum Gasteiger partial charge on any atom is -0.337 e. The molecule has 1 aromatic heterocycles. The zero-order valence-electron chi connectivity index (χ0n) is 13.7. The maximum absolute atomic E-state index is 6.53. The summed E-state index contributed by atoms with van der Waals surface area (Å²) in [6.45, 7) is 6.99. The molecule has 0 atom stereocenters. The van der Waals surface area contributed by atoms with Crippen LogP contribution in [0.1, 0.15) is 89.8 Å². The summed E-state index contributed by atoms with van der Waals surface area (Å²) < 4.78 is 5.56. The predicted molar refractivity (Wildman–Crippen MR) is 82.8 cm³/mol. The molecule has 2 N–H and O–H groups in total. The van der Waals surface area contributed by atoms with E-state index in [-0.39, 0.29) is 5.54 Å². The van der Waals surface area contributed by atoms with Gasteiger partial charge in [-0.15, -0.1) is 0 Å². The maximum Gasteiger partial charge on any atom is 0.246 e. The lowest BCUT2D eigenvalue weighted by atomic mass is 9.73. The van der Waals surface area contributed by atoms with Gasteiger partial charge in [0.15, 0.2) is 5.82 Å². The van der Waals surface area contributed by atoms with Crippen molar-refractivity contribution in [3.8, 4) is 0 Å². The Balaban J connectivity index is 1.69. The van der Waals surface area contributed by atoms with Crippen molar-refractivity contribution in [3.05, 3.63) is 11.7 Å². The first-order valence-electron chi connectivity index (χ1n) is 8.51. The van der Waals surface area contributed by atoms with Crippen LogP contribution < -0.4 is 5.73 Å². The van der Waals surface area contributed by atoms with Crippen LogP contribution >= 0.6 is 0 Å². The number of nitrogens with two attached hydrogens (primary N) is 1. The van der Waals surface area contributed by atoms with E-state index in [1.54, 1.807) is 0 Å². The first-order chi connectivity index (χ1) is 9.88. The summed E-state index contributed by atoms with van der Waals surface area (Å²) in [5.74, 6) is 2.80. The molecule has 118 valence electrons. The van der Waals surface area contributed by atoms with Crippen molar-refractivity contribution in [2.24, 2.45) is 17.1 Å². The third-order valence-electron chi connectivity index (χ3n) is 5.74. The van der Waals surface area contributed by atoms with Crippen molar-refractivity contribution in [2.45, 2.75) is 83.6 Å². The fraction of sp³-hybridized carbons (Fsp3) is 0.882. The molecule has 4 nitrogen and oxygen atoms in total. The van der Waals surface area contributed by atoms with E-state index < -0.39 is 0 Å². The van der Waals surface area contributed by atoms with Crippen LogP contribution in [0.5, 0.6) is 0 Å². The fourth-order valence-electron chi connectivity index (χ4n) is 3.75. The fourth-order valence-corrected chi connectivity index (χ4v) is 3.75. The molecule has 0 saturated heterocycles. The minimum absolute atomic E-state index is 0.383. The highest BCUT2D eigenvalue weighted by Gasteiger charge is 2.38. The number of aromatic nitrogens is 2. The van der Waals surface area contributed by atoms with E-state index in [9.17, 15) is 0 Å². The van der Waals surface area contributed by atoms with E-state index in [1.807, 2.05) is 0 Å². The number of hydrogen-bond acceptors (Lipinski definition) is 4. The van der Waals surface area contributed by atoms with Crippen molar-refractivity contribution < 1.29 is 4.52 Å². The zero-order valence-corrected chi connectivity index (χ0v) is 13.7. The van der Waals surface area contributed by atoms with Gasteiger partial charge < -0.3 is 10.3 Å². The van der Waals surface area contributed by atoms with Gasteiger partial charge in [0.05, 0.1) is 5.54 Å². The molecule has 2 saturated carbocycles. The van der Waals surface area contributed by atoms with Crippen LogP contribution in [0.25, 0.3) is 0 Å². The summed E-state index contributed by atoms with van der Waals surface area (Å²) in [5.41, 5.74) is 6.62. The summed E-state index contributed by atoms with van der Waals surface area (Å²) in [5, 5.41) is 4.26. The van der Waals surface area contributed by atoms with Gasteiger partial charge in [0, 0.05) is 5.92 Å². The first-order valence-corrected chi connectivity index (χ1v) is 8.51. The first kappa shape index (κ1) is 15.0. The van der Waals surface area contributed by atoms with Crippen LogP contribution in [-0.4, -0.2) is 10.1 Å². The van der Waals surface area contributed by atoms with Gasteiger partial charge in [0.25, 0.3) is 0 Å². The Morgan fingerprint density at radius 2 is 1.67 bits per heavy atom. The molecule has 21 heavy (non-hydrogen) atoms. The summed E-state index contributed by atoms with van der Waals surface area (Å²) in [6.07, 6.45) is 9.07.